The largest absolute Gasteiger partial charge is 0.361 e. The molecule has 1 atom stereocenters. The summed E-state index contributed by atoms with van der Waals surface area (Å²) in [4.78, 5) is 17.3. The van der Waals surface area contributed by atoms with Gasteiger partial charge in [-0.15, -0.1) is 0 Å². The number of hydrogen-bond acceptors (Lipinski definition) is 4. The van der Waals surface area contributed by atoms with Gasteiger partial charge >= 0.3 is 0 Å². The number of aromatic nitrogens is 1. The average Bonchev–Trinajstić information content (AvgIpc) is 2.44. The van der Waals surface area contributed by atoms with Gasteiger partial charge in [0.25, 0.3) is 0 Å². The molecule has 0 radical (unpaired) electrons. The normalized spacial score (nSPS) is 23.3. The van der Waals surface area contributed by atoms with E-state index in [1.54, 1.807) is 0 Å². The Bertz CT molecular complexity index is 799. The number of dihydropyridines is 1. The van der Waals surface area contributed by atoms with E-state index in [-0.39, 0.29) is 17.1 Å². The Labute approximate surface area is 144 Å². The highest BCUT2D eigenvalue weighted by Gasteiger charge is 2.41. The van der Waals surface area contributed by atoms with Gasteiger partial charge in [-0.2, -0.15) is 5.26 Å². The van der Waals surface area contributed by atoms with Gasteiger partial charge in [-0.05, 0) is 46.8 Å². The second-order valence-corrected chi connectivity index (χ2v) is 7.74. The van der Waals surface area contributed by atoms with E-state index in [4.69, 9.17) is 0 Å². The van der Waals surface area contributed by atoms with Crippen LogP contribution >= 0.6 is 15.9 Å². The van der Waals surface area contributed by atoms with E-state index in [2.05, 4.69) is 46.1 Å². The molecule has 3 rings (SSSR count). The zero-order valence-corrected chi connectivity index (χ0v) is 15.0. The van der Waals surface area contributed by atoms with E-state index in [1.807, 2.05) is 25.1 Å². The van der Waals surface area contributed by atoms with E-state index in [1.165, 1.54) is 0 Å². The van der Waals surface area contributed by atoms with Crippen LogP contribution in [0.5, 0.6) is 0 Å². The highest BCUT2D eigenvalue weighted by Crippen LogP contribution is 2.45. The van der Waals surface area contributed by atoms with Gasteiger partial charge in [-0.25, -0.2) is 4.98 Å². The van der Waals surface area contributed by atoms with Crippen LogP contribution in [0.2, 0.25) is 0 Å². The van der Waals surface area contributed by atoms with Gasteiger partial charge in [0.05, 0.1) is 23.3 Å². The molecule has 2 aliphatic rings. The fraction of sp³-hybridized carbons (Fsp3) is 0.389. The topological polar surface area (TPSA) is 65.8 Å². The molecule has 5 heteroatoms. The Morgan fingerprint density at radius 2 is 2.13 bits per heavy atom. The zero-order chi connectivity index (χ0) is 16.8. The Morgan fingerprint density at radius 1 is 1.39 bits per heavy atom. The molecule has 4 nitrogen and oxygen atoms in total. The number of pyridine rings is 1. The maximum atomic E-state index is 12.8. The molecule has 23 heavy (non-hydrogen) atoms. The second-order valence-electron chi connectivity index (χ2n) is 6.93. The Morgan fingerprint density at radius 3 is 2.78 bits per heavy atom. The highest BCUT2D eigenvalue weighted by molar-refractivity contribution is 9.10. The molecule has 0 saturated carbocycles. The van der Waals surface area contributed by atoms with Crippen LogP contribution in [-0.2, 0) is 4.79 Å². The lowest BCUT2D eigenvalue weighted by Crippen LogP contribution is -2.37. The minimum absolute atomic E-state index is 0.0669. The van der Waals surface area contributed by atoms with Gasteiger partial charge in [0.1, 0.15) is 4.60 Å². The van der Waals surface area contributed by atoms with Gasteiger partial charge in [-0.1, -0.05) is 19.9 Å². The second kappa shape index (κ2) is 5.61. The van der Waals surface area contributed by atoms with E-state index in [9.17, 15) is 10.1 Å². The van der Waals surface area contributed by atoms with Crippen LogP contribution in [0.15, 0.2) is 45.3 Å². The fourth-order valence-corrected chi connectivity index (χ4v) is 3.82. The van der Waals surface area contributed by atoms with Crippen LogP contribution in [-0.4, -0.2) is 10.8 Å². The monoisotopic (exact) mass is 371 g/mol. The van der Waals surface area contributed by atoms with Crippen molar-refractivity contribution >= 4 is 21.7 Å². The predicted octanol–water partition coefficient (Wildman–Crippen LogP) is 3.97. The third kappa shape index (κ3) is 2.84. The molecule has 1 aliphatic heterocycles. The maximum absolute atomic E-state index is 12.8. The van der Waals surface area contributed by atoms with Gasteiger partial charge < -0.3 is 5.32 Å². The molecule has 0 aromatic carbocycles. The van der Waals surface area contributed by atoms with Crippen molar-refractivity contribution in [1.29, 1.82) is 5.26 Å². The quantitative estimate of drug-likeness (QED) is 0.758. The summed E-state index contributed by atoms with van der Waals surface area (Å²) in [6.07, 6.45) is 1.30. The summed E-state index contributed by atoms with van der Waals surface area (Å²) in [6.45, 7) is 6.09. The van der Waals surface area contributed by atoms with Gasteiger partial charge in [-0.3, -0.25) is 4.79 Å². The number of nitrogens with one attached hydrogen (secondary N) is 1. The molecule has 1 aromatic rings. The minimum Gasteiger partial charge on any atom is -0.361 e. The molecule has 0 spiro atoms. The van der Waals surface area contributed by atoms with Crippen molar-refractivity contribution in [2.45, 2.75) is 39.5 Å². The Balaban J connectivity index is 2.19. The molecule has 1 aliphatic carbocycles. The number of allylic oxidation sites excluding steroid dienone is 4. The molecule has 0 amide bonds. The SMILES string of the molecule is CC1=C(C#N)[C@@H](c2cccc(Br)n2)C2=C(CC(C)(C)CC2=O)N1. The van der Waals surface area contributed by atoms with E-state index in [0.717, 1.165) is 23.5 Å². The number of Topliss-reactive ketones (excluding diaryl/α,β-unsaturated/α-hetero) is 1. The van der Waals surface area contributed by atoms with Crippen LogP contribution in [0.25, 0.3) is 0 Å². The van der Waals surface area contributed by atoms with Crippen LogP contribution in [0.3, 0.4) is 0 Å². The first kappa shape index (κ1) is 15.9. The van der Waals surface area contributed by atoms with Crippen molar-refractivity contribution in [3.05, 3.63) is 51.0 Å². The summed E-state index contributed by atoms with van der Waals surface area (Å²) >= 11 is 3.38. The van der Waals surface area contributed by atoms with Crippen molar-refractivity contribution in [2.75, 3.05) is 0 Å². The molecule has 0 bridgehead atoms. The van der Waals surface area contributed by atoms with Crippen LogP contribution in [0.4, 0.5) is 0 Å². The molecule has 0 unspecified atom stereocenters. The number of nitriles is 1. The van der Waals surface area contributed by atoms with E-state index < -0.39 is 0 Å². The summed E-state index contributed by atoms with van der Waals surface area (Å²) < 4.78 is 0.703. The molecule has 1 aromatic heterocycles. The van der Waals surface area contributed by atoms with Crippen molar-refractivity contribution in [1.82, 2.24) is 10.3 Å². The number of nitrogens with zero attached hydrogens (tertiary/aromatic N) is 2. The molecule has 0 fully saturated rings. The zero-order valence-electron chi connectivity index (χ0n) is 13.4. The first-order valence-corrected chi connectivity index (χ1v) is 8.38. The van der Waals surface area contributed by atoms with Crippen LogP contribution in [0.1, 0.15) is 45.2 Å². The summed E-state index contributed by atoms with van der Waals surface area (Å²) in [7, 11) is 0. The maximum Gasteiger partial charge on any atom is 0.162 e. The number of carbonyl (C=O) groups is 1. The average molecular weight is 372 g/mol. The molecule has 118 valence electrons. The number of hydrogen-bond donors (Lipinski definition) is 1. The van der Waals surface area contributed by atoms with E-state index in [0.29, 0.717) is 22.2 Å². The standard InChI is InChI=1S/C18H18BrN3O/c1-10-11(9-20)16(12-5-4-6-15(19)22-12)17-13(21-10)7-18(2,3)8-14(17)23/h4-6,16,21H,7-8H2,1-3H3/t16-/m0/s1. The third-order valence-corrected chi connectivity index (χ3v) is 4.83. The predicted molar refractivity (Wildman–Crippen MR) is 91.2 cm³/mol. The highest BCUT2D eigenvalue weighted by atomic mass is 79.9. The summed E-state index contributed by atoms with van der Waals surface area (Å²) in [5.74, 6) is -0.270. The molecule has 2 heterocycles. The number of ketones is 1. The first-order valence-electron chi connectivity index (χ1n) is 7.59. The number of halogens is 1. The lowest BCUT2D eigenvalue weighted by Gasteiger charge is -2.38. The first-order chi connectivity index (χ1) is 10.8. The summed E-state index contributed by atoms with van der Waals surface area (Å²) in [5.41, 5.74) is 3.69. The number of rotatable bonds is 1. The van der Waals surface area contributed by atoms with Crippen molar-refractivity contribution in [3.8, 4) is 6.07 Å². The van der Waals surface area contributed by atoms with Crippen molar-refractivity contribution < 1.29 is 4.79 Å². The van der Waals surface area contributed by atoms with Gasteiger partial charge in [0, 0.05) is 23.4 Å². The Hall–Kier alpha value is -1.93. The lowest BCUT2D eigenvalue weighted by atomic mass is 9.69. The smallest absolute Gasteiger partial charge is 0.162 e. The van der Waals surface area contributed by atoms with Gasteiger partial charge in [0.2, 0.25) is 0 Å². The molecule has 0 saturated heterocycles. The van der Waals surface area contributed by atoms with Crippen LogP contribution < -0.4 is 5.32 Å². The number of carbonyl (C=O) groups excluding carboxylic acids is 1. The lowest BCUT2D eigenvalue weighted by molar-refractivity contribution is -0.118. The summed E-state index contributed by atoms with van der Waals surface area (Å²) in [6, 6.07) is 7.88. The van der Waals surface area contributed by atoms with Crippen molar-refractivity contribution in [3.63, 3.8) is 0 Å². The molecular formula is C18H18BrN3O. The fourth-order valence-electron chi connectivity index (χ4n) is 3.46. The minimum atomic E-state index is -0.377. The third-order valence-electron chi connectivity index (χ3n) is 4.39. The van der Waals surface area contributed by atoms with Crippen molar-refractivity contribution in [2.24, 2.45) is 5.41 Å². The van der Waals surface area contributed by atoms with E-state index >= 15 is 0 Å². The Kier molecular flexibility index (Phi) is 3.89. The summed E-state index contributed by atoms with van der Waals surface area (Å²) in [5, 5.41) is 12.9. The molecular weight excluding hydrogens is 354 g/mol. The van der Waals surface area contributed by atoms with Gasteiger partial charge in [0.15, 0.2) is 5.78 Å². The van der Waals surface area contributed by atoms with Crippen LogP contribution in [0, 0.1) is 16.7 Å². The molecule has 1 N–H and O–H groups in total.